The minimum Gasteiger partial charge on any atom is -0.494 e. The van der Waals surface area contributed by atoms with Gasteiger partial charge in [0.1, 0.15) is 11.8 Å². The highest BCUT2D eigenvalue weighted by Gasteiger charge is 2.36. The van der Waals surface area contributed by atoms with Crippen molar-refractivity contribution in [2.24, 2.45) is 5.92 Å². The van der Waals surface area contributed by atoms with Gasteiger partial charge in [0.25, 0.3) is 5.91 Å². The first-order valence-corrected chi connectivity index (χ1v) is 11.0. The molecule has 2 unspecified atom stereocenters. The summed E-state index contributed by atoms with van der Waals surface area (Å²) in [5.41, 5.74) is 1.63. The molecule has 2 amide bonds. The van der Waals surface area contributed by atoms with Crippen molar-refractivity contribution in [1.29, 1.82) is 0 Å². The van der Waals surface area contributed by atoms with Crippen molar-refractivity contribution in [2.75, 3.05) is 33.3 Å². The van der Waals surface area contributed by atoms with Gasteiger partial charge < -0.3 is 19.9 Å². The summed E-state index contributed by atoms with van der Waals surface area (Å²) in [7, 11) is 2.07. The summed E-state index contributed by atoms with van der Waals surface area (Å²) in [6, 6.07) is 16.5. The van der Waals surface area contributed by atoms with E-state index >= 15 is 0 Å². The van der Waals surface area contributed by atoms with Crippen LogP contribution in [0.1, 0.15) is 42.7 Å². The van der Waals surface area contributed by atoms with Crippen molar-refractivity contribution >= 4 is 11.8 Å². The van der Waals surface area contributed by atoms with E-state index in [-0.39, 0.29) is 23.8 Å². The van der Waals surface area contributed by atoms with Crippen LogP contribution in [-0.2, 0) is 4.79 Å². The smallest absolute Gasteiger partial charge is 0.251 e. The molecule has 1 saturated heterocycles. The quantitative estimate of drug-likeness (QED) is 0.742. The van der Waals surface area contributed by atoms with Gasteiger partial charge in [-0.1, -0.05) is 44.2 Å². The first kappa shape index (κ1) is 22.8. The number of likely N-dealkylation sites (N-methyl/N-ethyl adjacent to an activating group) is 1. The molecule has 1 aliphatic rings. The first-order chi connectivity index (χ1) is 14.9. The maximum absolute atomic E-state index is 13.6. The fourth-order valence-corrected chi connectivity index (χ4v) is 3.93. The Labute approximate surface area is 185 Å². The van der Waals surface area contributed by atoms with E-state index < -0.39 is 6.04 Å². The van der Waals surface area contributed by atoms with Crippen LogP contribution >= 0.6 is 0 Å². The fraction of sp³-hybridized carbons (Fsp3) is 0.440. The van der Waals surface area contributed by atoms with Gasteiger partial charge in [-0.3, -0.25) is 9.59 Å². The van der Waals surface area contributed by atoms with E-state index in [1.807, 2.05) is 43.9 Å². The molecule has 0 aliphatic carbocycles. The van der Waals surface area contributed by atoms with Crippen molar-refractivity contribution in [3.63, 3.8) is 0 Å². The standard InChI is InChI=1S/C25H33N3O3/c1-5-31-21-13-11-20(12-14-21)24(29)26-23(18(2)3)25(30)28-16-15-27(4)17-22(28)19-9-7-6-8-10-19/h6-14,18,22-23H,5,15-17H2,1-4H3,(H,26,29). The van der Waals surface area contributed by atoms with Gasteiger partial charge in [0.2, 0.25) is 5.91 Å². The monoisotopic (exact) mass is 423 g/mol. The van der Waals surface area contributed by atoms with Crippen molar-refractivity contribution in [1.82, 2.24) is 15.1 Å². The summed E-state index contributed by atoms with van der Waals surface area (Å²) in [6.45, 7) is 8.64. The Bertz CT molecular complexity index is 867. The number of benzene rings is 2. The lowest BCUT2D eigenvalue weighted by Gasteiger charge is -2.42. The highest BCUT2D eigenvalue weighted by Crippen LogP contribution is 2.26. The molecule has 2 aromatic carbocycles. The minimum atomic E-state index is -0.589. The van der Waals surface area contributed by atoms with E-state index in [0.717, 1.165) is 24.4 Å². The number of piperazine rings is 1. The molecule has 2 aromatic rings. The first-order valence-electron chi connectivity index (χ1n) is 11.0. The predicted molar refractivity (Wildman–Crippen MR) is 122 cm³/mol. The van der Waals surface area contributed by atoms with Gasteiger partial charge in [0, 0.05) is 25.2 Å². The van der Waals surface area contributed by atoms with Crippen LogP contribution in [0.25, 0.3) is 0 Å². The molecule has 1 fully saturated rings. The summed E-state index contributed by atoms with van der Waals surface area (Å²) in [6.07, 6.45) is 0. The molecule has 0 radical (unpaired) electrons. The Morgan fingerprint density at radius 2 is 1.74 bits per heavy atom. The van der Waals surface area contributed by atoms with Crippen LogP contribution in [-0.4, -0.2) is 60.9 Å². The number of carbonyl (C=O) groups is 2. The zero-order valence-electron chi connectivity index (χ0n) is 18.9. The highest BCUT2D eigenvalue weighted by atomic mass is 16.5. The number of amides is 2. The average Bonchev–Trinajstić information content (AvgIpc) is 2.78. The number of ether oxygens (including phenoxy) is 1. The van der Waals surface area contributed by atoms with Crippen molar-refractivity contribution in [3.05, 3.63) is 65.7 Å². The normalized spacial score (nSPS) is 18.0. The average molecular weight is 424 g/mol. The number of carbonyl (C=O) groups excluding carboxylic acids is 2. The van der Waals surface area contributed by atoms with Crippen LogP contribution in [0.3, 0.4) is 0 Å². The Hall–Kier alpha value is -2.86. The predicted octanol–water partition coefficient (Wildman–Crippen LogP) is 3.36. The van der Waals surface area contributed by atoms with Gasteiger partial charge in [-0.15, -0.1) is 0 Å². The third-order valence-corrected chi connectivity index (χ3v) is 5.70. The molecule has 1 heterocycles. The Morgan fingerprint density at radius 1 is 1.06 bits per heavy atom. The van der Waals surface area contributed by atoms with Crippen molar-refractivity contribution in [2.45, 2.75) is 32.9 Å². The largest absolute Gasteiger partial charge is 0.494 e. The van der Waals surface area contributed by atoms with Gasteiger partial charge in [0.05, 0.1) is 12.6 Å². The van der Waals surface area contributed by atoms with Crippen molar-refractivity contribution in [3.8, 4) is 5.75 Å². The lowest BCUT2D eigenvalue weighted by Crippen LogP contribution is -2.57. The summed E-state index contributed by atoms with van der Waals surface area (Å²) in [5, 5.41) is 2.98. The second kappa shape index (κ2) is 10.4. The number of hydrogen-bond donors (Lipinski definition) is 1. The Kier molecular flexibility index (Phi) is 7.69. The van der Waals surface area contributed by atoms with Crippen LogP contribution in [0.2, 0.25) is 0 Å². The van der Waals surface area contributed by atoms with E-state index in [9.17, 15) is 9.59 Å². The zero-order valence-corrected chi connectivity index (χ0v) is 18.9. The van der Waals surface area contributed by atoms with Crippen LogP contribution in [0.15, 0.2) is 54.6 Å². The molecule has 31 heavy (non-hydrogen) atoms. The van der Waals surface area contributed by atoms with Crippen LogP contribution in [0.5, 0.6) is 5.75 Å². The van der Waals surface area contributed by atoms with E-state index in [1.54, 1.807) is 24.3 Å². The fourth-order valence-electron chi connectivity index (χ4n) is 3.93. The lowest BCUT2D eigenvalue weighted by atomic mass is 9.97. The molecule has 0 aromatic heterocycles. The summed E-state index contributed by atoms with van der Waals surface area (Å²) in [4.78, 5) is 30.7. The maximum atomic E-state index is 13.6. The SMILES string of the molecule is CCOc1ccc(C(=O)NC(C(=O)N2CCN(C)CC2c2ccccc2)C(C)C)cc1. The molecular weight excluding hydrogens is 390 g/mol. The third-order valence-electron chi connectivity index (χ3n) is 5.70. The molecule has 6 heteroatoms. The molecule has 1 aliphatic heterocycles. The van der Waals surface area contributed by atoms with Crippen molar-refractivity contribution < 1.29 is 14.3 Å². The molecule has 0 bridgehead atoms. The Morgan fingerprint density at radius 3 is 2.35 bits per heavy atom. The van der Waals surface area contributed by atoms with Crippen LogP contribution in [0, 0.1) is 5.92 Å². The number of nitrogens with zero attached hydrogens (tertiary/aromatic N) is 2. The molecule has 1 N–H and O–H groups in total. The highest BCUT2D eigenvalue weighted by molar-refractivity contribution is 5.97. The molecular formula is C25H33N3O3. The van der Waals surface area contributed by atoms with E-state index in [4.69, 9.17) is 4.74 Å². The van der Waals surface area contributed by atoms with E-state index in [2.05, 4.69) is 29.4 Å². The Balaban J connectivity index is 1.77. The molecule has 2 atom stereocenters. The number of nitrogens with one attached hydrogen (secondary N) is 1. The number of rotatable bonds is 7. The summed E-state index contributed by atoms with van der Waals surface area (Å²) >= 11 is 0. The van der Waals surface area contributed by atoms with Gasteiger partial charge in [-0.25, -0.2) is 0 Å². The van der Waals surface area contributed by atoms with Gasteiger partial charge in [0.15, 0.2) is 0 Å². The summed E-state index contributed by atoms with van der Waals surface area (Å²) < 4.78 is 5.44. The second-order valence-corrected chi connectivity index (χ2v) is 8.37. The van der Waals surface area contributed by atoms with Gasteiger partial charge in [-0.2, -0.15) is 0 Å². The van der Waals surface area contributed by atoms with E-state index in [1.165, 1.54) is 0 Å². The molecule has 0 spiro atoms. The van der Waals surface area contributed by atoms with Gasteiger partial charge in [-0.05, 0) is 49.7 Å². The number of hydrogen-bond acceptors (Lipinski definition) is 4. The zero-order chi connectivity index (χ0) is 22.4. The molecule has 6 nitrogen and oxygen atoms in total. The van der Waals surface area contributed by atoms with Crippen LogP contribution < -0.4 is 10.1 Å². The molecule has 166 valence electrons. The topological polar surface area (TPSA) is 61.9 Å². The van der Waals surface area contributed by atoms with E-state index in [0.29, 0.717) is 18.7 Å². The minimum absolute atomic E-state index is 0.0313. The summed E-state index contributed by atoms with van der Waals surface area (Å²) in [5.74, 6) is 0.408. The molecule has 0 saturated carbocycles. The molecule has 3 rings (SSSR count). The van der Waals surface area contributed by atoms with Crippen LogP contribution in [0.4, 0.5) is 0 Å². The maximum Gasteiger partial charge on any atom is 0.251 e. The third kappa shape index (κ3) is 5.64. The lowest BCUT2D eigenvalue weighted by molar-refractivity contribution is -0.139. The van der Waals surface area contributed by atoms with Gasteiger partial charge >= 0.3 is 0 Å². The second-order valence-electron chi connectivity index (χ2n) is 8.37.